The van der Waals surface area contributed by atoms with Gasteiger partial charge in [0, 0.05) is 38.9 Å². The maximum Gasteiger partial charge on any atom is 0.301 e. The van der Waals surface area contributed by atoms with E-state index >= 15 is 0 Å². The fourth-order valence-electron chi connectivity index (χ4n) is 3.15. The van der Waals surface area contributed by atoms with Crippen LogP contribution in [0.4, 0.5) is 11.4 Å². The Morgan fingerprint density at radius 3 is 2.91 bits per heavy atom. The lowest BCUT2D eigenvalue weighted by Crippen LogP contribution is -2.31. The zero-order valence-electron chi connectivity index (χ0n) is 13.0. The number of anilines is 1. The van der Waals surface area contributed by atoms with Crippen LogP contribution in [0, 0.1) is 10.1 Å². The molecule has 2 aromatic rings. The summed E-state index contributed by atoms with van der Waals surface area (Å²) < 4.78 is 0. The minimum absolute atomic E-state index is 0.160. The van der Waals surface area contributed by atoms with Crippen molar-refractivity contribution in [1.82, 2.24) is 9.88 Å². The van der Waals surface area contributed by atoms with Crippen LogP contribution >= 0.6 is 0 Å². The van der Waals surface area contributed by atoms with E-state index in [0.29, 0.717) is 16.6 Å². The molecule has 1 aromatic heterocycles. The molecule has 1 aliphatic rings. The fraction of sp³-hybridized carbons (Fsp3) is 0.353. The molecule has 0 saturated carbocycles. The number of aromatic nitrogens is 1. The third kappa shape index (κ3) is 3.17. The molecule has 1 aliphatic heterocycles. The predicted octanol–water partition coefficient (Wildman–Crippen LogP) is 2.84. The molecule has 6 heteroatoms. The Bertz CT molecular complexity index is 732. The number of nitro groups is 1. The number of hydrogen-bond donors (Lipinski definition) is 0. The minimum atomic E-state index is -0.286. The molecule has 1 aromatic carbocycles. The summed E-state index contributed by atoms with van der Waals surface area (Å²) in [6.45, 7) is 8.11. The highest BCUT2D eigenvalue weighted by Crippen LogP contribution is 2.35. The number of pyridine rings is 1. The van der Waals surface area contributed by atoms with Crippen molar-refractivity contribution in [2.75, 3.05) is 37.6 Å². The summed E-state index contributed by atoms with van der Waals surface area (Å²) in [4.78, 5) is 20.0. The van der Waals surface area contributed by atoms with Crippen LogP contribution in [0.25, 0.3) is 10.9 Å². The van der Waals surface area contributed by atoms with E-state index in [9.17, 15) is 10.1 Å². The van der Waals surface area contributed by atoms with E-state index in [1.54, 1.807) is 18.3 Å². The lowest BCUT2D eigenvalue weighted by Gasteiger charge is -2.23. The van der Waals surface area contributed by atoms with Crippen molar-refractivity contribution < 1.29 is 4.92 Å². The smallest absolute Gasteiger partial charge is 0.301 e. The van der Waals surface area contributed by atoms with Gasteiger partial charge in [0.1, 0.15) is 5.69 Å². The van der Waals surface area contributed by atoms with Crippen LogP contribution < -0.4 is 4.90 Å². The molecule has 23 heavy (non-hydrogen) atoms. The quantitative estimate of drug-likeness (QED) is 0.493. The molecule has 0 atom stereocenters. The van der Waals surface area contributed by atoms with Crippen molar-refractivity contribution >= 4 is 22.3 Å². The van der Waals surface area contributed by atoms with Crippen molar-refractivity contribution in [3.8, 4) is 0 Å². The van der Waals surface area contributed by atoms with Gasteiger partial charge in [-0.3, -0.25) is 20.0 Å². The van der Waals surface area contributed by atoms with Crippen molar-refractivity contribution in [1.29, 1.82) is 0 Å². The largest absolute Gasteiger partial charge is 0.365 e. The molecule has 1 saturated heterocycles. The van der Waals surface area contributed by atoms with Gasteiger partial charge in [0.2, 0.25) is 0 Å². The van der Waals surface area contributed by atoms with Crippen LogP contribution in [0.15, 0.2) is 43.1 Å². The second kappa shape index (κ2) is 6.75. The molecule has 0 bridgehead atoms. The minimum Gasteiger partial charge on any atom is -0.365 e. The fourth-order valence-corrected chi connectivity index (χ4v) is 3.15. The molecule has 2 heterocycles. The average molecular weight is 312 g/mol. The van der Waals surface area contributed by atoms with Gasteiger partial charge in [0.05, 0.1) is 15.8 Å². The highest BCUT2D eigenvalue weighted by molar-refractivity contribution is 5.94. The van der Waals surface area contributed by atoms with Crippen molar-refractivity contribution in [2.45, 2.75) is 6.42 Å². The summed E-state index contributed by atoms with van der Waals surface area (Å²) in [5, 5.41) is 12.3. The predicted molar refractivity (Wildman–Crippen MR) is 91.9 cm³/mol. The Kier molecular flexibility index (Phi) is 4.52. The van der Waals surface area contributed by atoms with E-state index in [-0.39, 0.29) is 10.6 Å². The first kappa shape index (κ1) is 15.4. The van der Waals surface area contributed by atoms with Crippen molar-refractivity contribution in [2.24, 2.45) is 0 Å². The normalized spacial score (nSPS) is 16.3. The number of nitrogens with zero attached hydrogens (tertiary/aromatic N) is 4. The first-order valence-corrected chi connectivity index (χ1v) is 7.81. The third-order valence-corrected chi connectivity index (χ3v) is 4.23. The van der Waals surface area contributed by atoms with Gasteiger partial charge in [-0.05, 0) is 30.7 Å². The van der Waals surface area contributed by atoms with Crippen LogP contribution in [0.5, 0.6) is 0 Å². The van der Waals surface area contributed by atoms with Gasteiger partial charge in [-0.1, -0.05) is 6.08 Å². The van der Waals surface area contributed by atoms with Crippen LogP contribution in [-0.4, -0.2) is 47.5 Å². The second-order valence-electron chi connectivity index (χ2n) is 5.69. The maximum absolute atomic E-state index is 11.7. The number of nitro benzene ring substituents is 1. The van der Waals surface area contributed by atoms with Gasteiger partial charge in [0.25, 0.3) is 0 Å². The Morgan fingerprint density at radius 1 is 1.26 bits per heavy atom. The summed E-state index contributed by atoms with van der Waals surface area (Å²) in [6, 6.07) is 7.21. The Morgan fingerprint density at radius 2 is 2.13 bits per heavy atom. The number of benzene rings is 1. The maximum atomic E-state index is 11.7. The second-order valence-corrected chi connectivity index (χ2v) is 5.69. The first-order chi connectivity index (χ1) is 11.2. The molecule has 3 rings (SSSR count). The zero-order chi connectivity index (χ0) is 16.2. The molecule has 0 N–H and O–H groups in total. The molecule has 6 nitrogen and oxygen atoms in total. The Labute approximate surface area is 135 Å². The summed E-state index contributed by atoms with van der Waals surface area (Å²) in [5.41, 5.74) is 1.51. The highest BCUT2D eigenvalue weighted by Gasteiger charge is 2.24. The first-order valence-electron chi connectivity index (χ1n) is 7.81. The van der Waals surface area contributed by atoms with E-state index in [4.69, 9.17) is 0 Å². The molecule has 120 valence electrons. The summed E-state index contributed by atoms with van der Waals surface area (Å²) in [7, 11) is 0. The molecular weight excluding hydrogens is 292 g/mol. The van der Waals surface area contributed by atoms with E-state index in [0.717, 1.165) is 39.1 Å². The van der Waals surface area contributed by atoms with Crippen LogP contribution in [0.3, 0.4) is 0 Å². The summed E-state index contributed by atoms with van der Waals surface area (Å²) >= 11 is 0. The van der Waals surface area contributed by atoms with Crippen LogP contribution in [0.1, 0.15) is 6.42 Å². The van der Waals surface area contributed by atoms with Gasteiger partial charge in [0.15, 0.2) is 0 Å². The molecular formula is C17H20N4O2. The Hall–Kier alpha value is -2.47. The topological polar surface area (TPSA) is 62.5 Å². The third-order valence-electron chi connectivity index (χ3n) is 4.23. The van der Waals surface area contributed by atoms with E-state index in [1.807, 2.05) is 18.2 Å². The monoisotopic (exact) mass is 312 g/mol. The van der Waals surface area contributed by atoms with E-state index in [1.165, 1.54) is 0 Å². The highest BCUT2D eigenvalue weighted by atomic mass is 16.6. The van der Waals surface area contributed by atoms with Gasteiger partial charge in [-0.2, -0.15) is 0 Å². The molecule has 0 radical (unpaired) electrons. The molecule has 0 aliphatic carbocycles. The molecule has 0 spiro atoms. The lowest BCUT2D eigenvalue weighted by molar-refractivity contribution is -0.382. The van der Waals surface area contributed by atoms with Gasteiger partial charge in [-0.25, -0.2) is 0 Å². The molecule has 0 unspecified atom stereocenters. The van der Waals surface area contributed by atoms with Gasteiger partial charge in [-0.15, -0.1) is 6.58 Å². The van der Waals surface area contributed by atoms with Crippen molar-refractivity contribution in [3.05, 3.63) is 53.2 Å². The van der Waals surface area contributed by atoms with Gasteiger partial charge >= 0.3 is 5.69 Å². The van der Waals surface area contributed by atoms with Crippen LogP contribution in [-0.2, 0) is 0 Å². The van der Waals surface area contributed by atoms with E-state index < -0.39 is 0 Å². The summed E-state index contributed by atoms with van der Waals surface area (Å²) in [6.07, 6.45) is 4.54. The lowest BCUT2D eigenvalue weighted by atomic mass is 10.1. The van der Waals surface area contributed by atoms with Crippen LogP contribution in [0.2, 0.25) is 0 Å². The SMILES string of the molecule is C=CCN1CCCN(c2ccc3ncccc3c2[N+](=O)[O-])CC1. The molecule has 1 fully saturated rings. The zero-order valence-corrected chi connectivity index (χ0v) is 13.0. The number of hydrogen-bond acceptors (Lipinski definition) is 5. The number of fused-ring (bicyclic) bond motifs is 1. The standard InChI is InChI=1S/C17H20N4O2/c1-2-9-19-10-4-11-20(13-12-19)16-7-6-15-14(5-3-8-18-15)17(16)21(22)23/h2-3,5-8H,1,4,9-13H2. The summed E-state index contributed by atoms with van der Waals surface area (Å²) in [5.74, 6) is 0. The van der Waals surface area contributed by atoms with Crippen molar-refractivity contribution in [3.63, 3.8) is 0 Å². The Balaban J connectivity index is 1.97. The molecule has 0 amide bonds. The van der Waals surface area contributed by atoms with E-state index in [2.05, 4.69) is 21.4 Å². The average Bonchev–Trinajstić information content (AvgIpc) is 2.79. The van der Waals surface area contributed by atoms with Gasteiger partial charge < -0.3 is 4.90 Å². The number of rotatable bonds is 4.